The normalized spacial score (nSPS) is 21.3. The van der Waals surface area contributed by atoms with E-state index in [4.69, 9.17) is 0 Å². The second-order valence-corrected chi connectivity index (χ2v) is 5.76. The Balaban J connectivity index is 1.80. The summed E-state index contributed by atoms with van der Waals surface area (Å²) < 4.78 is 13.1. The molecule has 1 aliphatic carbocycles. The van der Waals surface area contributed by atoms with E-state index in [0.29, 0.717) is 18.5 Å². The summed E-state index contributed by atoms with van der Waals surface area (Å²) in [6, 6.07) is 8.56. The summed E-state index contributed by atoms with van der Waals surface area (Å²) in [5.41, 5.74) is 0.883. The minimum atomic E-state index is -0.773. The molecule has 120 valence electrons. The summed E-state index contributed by atoms with van der Waals surface area (Å²) in [5, 5.41) is 21.8. The first-order valence-corrected chi connectivity index (χ1v) is 7.43. The molecule has 1 fully saturated rings. The molecule has 1 amide bonds. The molecule has 0 bridgehead atoms. The molecular weight excluding hydrogens is 299 g/mol. The Bertz CT molecular complexity index is 702. The van der Waals surface area contributed by atoms with Crippen molar-refractivity contribution in [3.8, 4) is 5.75 Å². The van der Waals surface area contributed by atoms with Crippen LogP contribution in [0.15, 0.2) is 42.6 Å². The third-order valence-electron chi connectivity index (χ3n) is 4.12. The molecule has 1 heterocycles. The molecule has 23 heavy (non-hydrogen) atoms. The Morgan fingerprint density at radius 3 is 2.70 bits per heavy atom. The van der Waals surface area contributed by atoms with Crippen LogP contribution in [-0.4, -0.2) is 27.2 Å². The molecule has 0 unspecified atom stereocenters. The minimum absolute atomic E-state index is 0.0953. The van der Waals surface area contributed by atoms with Crippen LogP contribution >= 0.6 is 0 Å². The maximum absolute atomic E-state index is 13.1. The molecule has 3 N–H and O–H groups in total. The SMILES string of the molecule is O=C(N[C@H](c1ccccn1)C1CC(O)C1)c1ccc(F)c(O)c1. The van der Waals surface area contributed by atoms with Crippen molar-refractivity contribution in [1.82, 2.24) is 10.3 Å². The fourth-order valence-electron chi connectivity index (χ4n) is 2.77. The molecule has 0 aliphatic heterocycles. The van der Waals surface area contributed by atoms with Crippen molar-refractivity contribution in [1.29, 1.82) is 0 Å². The number of hydrogen-bond acceptors (Lipinski definition) is 4. The highest BCUT2D eigenvalue weighted by molar-refractivity contribution is 5.94. The summed E-state index contributed by atoms with van der Waals surface area (Å²) >= 11 is 0. The zero-order chi connectivity index (χ0) is 16.4. The van der Waals surface area contributed by atoms with Crippen LogP contribution in [0, 0.1) is 11.7 Å². The Labute approximate surface area is 132 Å². The van der Waals surface area contributed by atoms with Crippen LogP contribution in [0.2, 0.25) is 0 Å². The second-order valence-electron chi connectivity index (χ2n) is 5.76. The molecule has 1 atom stereocenters. The fourth-order valence-corrected chi connectivity index (χ4v) is 2.77. The Morgan fingerprint density at radius 1 is 1.30 bits per heavy atom. The lowest BCUT2D eigenvalue weighted by molar-refractivity contribution is 0.0228. The molecule has 0 spiro atoms. The van der Waals surface area contributed by atoms with Crippen molar-refractivity contribution in [2.75, 3.05) is 0 Å². The van der Waals surface area contributed by atoms with Gasteiger partial charge in [-0.05, 0) is 49.1 Å². The molecule has 1 aromatic heterocycles. The lowest BCUT2D eigenvalue weighted by Gasteiger charge is -2.37. The summed E-state index contributed by atoms with van der Waals surface area (Å²) in [4.78, 5) is 16.7. The molecule has 0 radical (unpaired) electrons. The van der Waals surface area contributed by atoms with Crippen LogP contribution in [0.1, 0.15) is 34.9 Å². The van der Waals surface area contributed by atoms with Crippen molar-refractivity contribution in [3.05, 3.63) is 59.7 Å². The Hall–Kier alpha value is -2.47. The molecule has 6 heteroatoms. The number of phenols is 1. The molecule has 1 aromatic carbocycles. The van der Waals surface area contributed by atoms with E-state index in [1.165, 1.54) is 6.07 Å². The van der Waals surface area contributed by atoms with Gasteiger partial charge in [0.15, 0.2) is 11.6 Å². The van der Waals surface area contributed by atoms with Crippen molar-refractivity contribution >= 4 is 5.91 Å². The van der Waals surface area contributed by atoms with Gasteiger partial charge in [0.2, 0.25) is 0 Å². The van der Waals surface area contributed by atoms with E-state index in [1.807, 2.05) is 12.1 Å². The van der Waals surface area contributed by atoms with Gasteiger partial charge in [0, 0.05) is 11.8 Å². The van der Waals surface area contributed by atoms with Crippen LogP contribution in [0.4, 0.5) is 4.39 Å². The van der Waals surface area contributed by atoms with Gasteiger partial charge in [-0.3, -0.25) is 9.78 Å². The first-order valence-electron chi connectivity index (χ1n) is 7.43. The number of aliphatic hydroxyl groups is 1. The molecule has 0 saturated heterocycles. The fraction of sp³-hybridized carbons (Fsp3) is 0.294. The highest BCUT2D eigenvalue weighted by Gasteiger charge is 2.36. The Morgan fingerprint density at radius 2 is 2.09 bits per heavy atom. The zero-order valence-corrected chi connectivity index (χ0v) is 12.3. The predicted molar refractivity (Wildman–Crippen MR) is 81.2 cm³/mol. The van der Waals surface area contributed by atoms with Gasteiger partial charge in [0.05, 0.1) is 17.8 Å². The van der Waals surface area contributed by atoms with Crippen molar-refractivity contribution < 1.29 is 19.4 Å². The summed E-state index contributed by atoms with van der Waals surface area (Å²) in [5.74, 6) is -1.66. The maximum Gasteiger partial charge on any atom is 0.251 e. The lowest BCUT2D eigenvalue weighted by atomic mass is 9.76. The zero-order valence-electron chi connectivity index (χ0n) is 12.3. The summed E-state index contributed by atoms with van der Waals surface area (Å²) in [7, 11) is 0. The van der Waals surface area contributed by atoms with Crippen molar-refractivity contribution in [2.24, 2.45) is 5.92 Å². The molecule has 3 rings (SSSR count). The first kappa shape index (κ1) is 15.4. The van der Waals surface area contributed by atoms with Crippen LogP contribution in [0.5, 0.6) is 5.75 Å². The van der Waals surface area contributed by atoms with Gasteiger partial charge < -0.3 is 15.5 Å². The van der Waals surface area contributed by atoms with E-state index in [9.17, 15) is 19.4 Å². The van der Waals surface area contributed by atoms with E-state index < -0.39 is 17.5 Å². The monoisotopic (exact) mass is 316 g/mol. The maximum atomic E-state index is 13.1. The van der Waals surface area contributed by atoms with Gasteiger partial charge in [-0.15, -0.1) is 0 Å². The van der Waals surface area contributed by atoms with Gasteiger partial charge in [-0.1, -0.05) is 6.07 Å². The van der Waals surface area contributed by atoms with Crippen LogP contribution < -0.4 is 5.32 Å². The van der Waals surface area contributed by atoms with E-state index in [0.717, 1.165) is 12.1 Å². The number of aromatic nitrogens is 1. The largest absolute Gasteiger partial charge is 0.505 e. The van der Waals surface area contributed by atoms with Gasteiger partial charge in [-0.2, -0.15) is 0 Å². The number of hydrogen-bond donors (Lipinski definition) is 3. The number of halogens is 1. The van der Waals surface area contributed by atoms with E-state index in [2.05, 4.69) is 10.3 Å². The molecular formula is C17H17FN2O3. The predicted octanol–water partition coefficient (Wildman–Crippen LogP) is 2.17. The van der Waals surface area contributed by atoms with Crippen LogP contribution in [-0.2, 0) is 0 Å². The van der Waals surface area contributed by atoms with E-state index in [-0.39, 0.29) is 23.6 Å². The lowest BCUT2D eigenvalue weighted by Crippen LogP contribution is -2.41. The third-order valence-corrected chi connectivity index (χ3v) is 4.12. The average Bonchev–Trinajstić information content (AvgIpc) is 2.53. The van der Waals surface area contributed by atoms with Gasteiger partial charge >= 0.3 is 0 Å². The quantitative estimate of drug-likeness (QED) is 0.807. The van der Waals surface area contributed by atoms with Crippen molar-refractivity contribution in [2.45, 2.75) is 25.0 Å². The number of carbonyl (C=O) groups is 1. The van der Waals surface area contributed by atoms with Gasteiger partial charge in [-0.25, -0.2) is 4.39 Å². The third kappa shape index (κ3) is 3.32. The first-order chi connectivity index (χ1) is 11.0. The number of nitrogens with zero attached hydrogens (tertiary/aromatic N) is 1. The number of aliphatic hydroxyl groups excluding tert-OH is 1. The van der Waals surface area contributed by atoms with Gasteiger partial charge in [0.1, 0.15) is 0 Å². The molecule has 5 nitrogen and oxygen atoms in total. The summed E-state index contributed by atoms with van der Waals surface area (Å²) in [6.07, 6.45) is 2.48. The van der Waals surface area contributed by atoms with Crippen LogP contribution in [0.25, 0.3) is 0 Å². The highest BCUT2D eigenvalue weighted by atomic mass is 19.1. The molecule has 2 aromatic rings. The summed E-state index contributed by atoms with van der Waals surface area (Å²) in [6.45, 7) is 0. The number of rotatable bonds is 4. The number of amides is 1. The minimum Gasteiger partial charge on any atom is -0.505 e. The van der Waals surface area contributed by atoms with Crippen LogP contribution in [0.3, 0.4) is 0 Å². The average molecular weight is 316 g/mol. The van der Waals surface area contributed by atoms with Gasteiger partial charge in [0.25, 0.3) is 5.91 Å². The number of phenolic OH excluding ortho intramolecular Hbond substituents is 1. The number of carbonyl (C=O) groups excluding carboxylic acids is 1. The number of benzene rings is 1. The highest BCUT2D eigenvalue weighted by Crippen LogP contribution is 2.37. The number of pyridine rings is 1. The van der Waals surface area contributed by atoms with E-state index >= 15 is 0 Å². The molecule has 1 aliphatic rings. The Kier molecular flexibility index (Phi) is 4.25. The van der Waals surface area contributed by atoms with Crippen molar-refractivity contribution in [3.63, 3.8) is 0 Å². The number of aromatic hydroxyl groups is 1. The topological polar surface area (TPSA) is 82.5 Å². The smallest absolute Gasteiger partial charge is 0.251 e. The number of nitrogens with one attached hydrogen (secondary N) is 1. The van der Waals surface area contributed by atoms with E-state index in [1.54, 1.807) is 12.3 Å². The standard InChI is InChI=1S/C17H17FN2O3/c18-13-5-4-10(9-15(13)22)17(23)20-16(11-7-12(21)8-11)14-3-1-2-6-19-14/h1-6,9,11-12,16,21-22H,7-8H2,(H,20,23)/t11?,12?,16-/m0/s1. The molecule has 1 saturated carbocycles. The second kappa shape index (κ2) is 6.34.